The number of rotatable bonds is 4. The Morgan fingerprint density at radius 3 is 2.27 bits per heavy atom. The molecule has 0 unspecified atom stereocenters. The van der Waals surface area contributed by atoms with Gasteiger partial charge in [-0.3, -0.25) is 5.01 Å². The maximum atomic E-state index is 10.7. The lowest BCUT2D eigenvalue weighted by atomic mass is 9.96. The van der Waals surface area contributed by atoms with Crippen molar-refractivity contribution in [2.45, 2.75) is 27.3 Å². The molecule has 0 saturated heterocycles. The maximum absolute atomic E-state index is 10.7. The zero-order chi connectivity index (χ0) is 11.3. The molecule has 0 aliphatic heterocycles. The molecule has 0 aliphatic carbocycles. The highest BCUT2D eigenvalue weighted by Gasteiger charge is 2.16. The third-order valence-electron chi connectivity index (χ3n) is 1.98. The van der Waals surface area contributed by atoms with Crippen LogP contribution >= 0.6 is 0 Å². The Bertz CT molecular complexity index is 303. The van der Waals surface area contributed by atoms with Crippen molar-refractivity contribution in [3.63, 3.8) is 0 Å². The summed E-state index contributed by atoms with van der Waals surface area (Å²) >= 11 is 0. The van der Waals surface area contributed by atoms with E-state index in [-0.39, 0.29) is 5.41 Å². The van der Waals surface area contributed by atoms with E-state index in [0.717, 1.165) is 5.56 Å². The summed E-state index contributed by atoms with van der Waals surface area (Å²) in [6.45, 7) is 7.54. The topological polar surface area (TPSA) is 32.7 Å². The van der Waals surface area contributed by atoms with Crippen LogP contribution in [0.3, 0.4) is 0 Å². The molecule has 1 aromatic rings. The second-order valence-electron chi connectivity index (χ2n) is 4.95. The van der Waals surface area contributed by atoms with Crippen LogP contribution in [0.1, 0.15) is 26.3 Å². The average molecular weight is 206 g/mol. The van der Waals surface area contributed by atoms with Crippen molar-refractivity contribution in [3.8, 4) is 0 Å². The Kier molecular flexibility index (Phi) is 3.83. The summed E-state index contributed by atoms with van der Waals surface area (Å²) in [4.78, 5) is 10.7. The molecule has 15 heavy (non-hydrogen) atoms. The molecular weight excluding hydrogens is 188 g/mol. The lowest BCUT2D eigenvalue weighted by molar-refractivity contribution is 0.188. The number of nitroso groups, excluding NO2 is 1. The summed E-state index contributed by atoms with van der Waals surface area (Å²) in [5.74, 6) is 0. The van der Waals surface area contributed by atoms with E-state index >= 15 is 0 Å². The summed E-state index contributed by atoms with van der Waals surface area (Å²) in [5.41, 5.74) is 1.20. The molecule has 0 aliphatic rings. The molecule has 1 rings (SSSR count). The van der Waals surface area contributed by atoms with Gasteiger partial charge >= 0.3 is 0 Å². The zero-order valence-electron chi connectivity index (χ0n) is 9.60. The Morgan fingerprint density at radius 2 is 1.80 bits per heavy atom. The Balaban J connectivity index is 2.59. The average Bonchev–Trinajstić information content (AvgIpc) is 2.16. The van der Waals surface area contributed by atoms with E-state index in [1.54, 1.807) is 5.01 Å². The van der Waals surface area contributed by atoms with Crippen LogP contribution < -0.4 is 0 Å². The van der Waals surface area contributed by atoms with E-state index in [9.17, 15) is 4.91 Å². The Morgan fingerprint density at radius 1 is 1.20 bits per heavy atom. The van der Waals surface area contributed by atoms with Crippen molar-refractivity contribution in [1.82, 2.24) is 5.01 Å². The predicted octanol–water partition coefficient (Wildman–Crippen LogP) is 3.22. The summed E-state index contributed by atoms with van der Waals surface area (Å²) < 4.78 is 0. The van der Waals surface area contributed by atoms with E-state index in [1.165, 1.54) is 0 Å². The standard InChI is InChI=1S/C12H18N2O/c1-12(2,3)10-14(13-15)9-11-7-5-4-6-8-11/h4-8H,9-10H2,1-3H3. The summed E-state index contributed by atoms with van der Waals surface area (Å²) in [6.07, 6.45) is 0. The van der Waals surface area contributed by atoms with Gasteiger partial charge in [-0.2, -0.15) is 0 Å². The molecule has 0 N–H and O–H groups in total. The van der Waals surface area contributed by atoms with E-state index < -0.39 is 0 Å². The molecule has 3 heteroatoms. The molecule has 0 spiro atoms. The van der Waals surface area contributed by atoms with Crippen molar-refractivity contribution in [2.24, 2.45) is 10.7 Å². The van der Waals surface area contributed by atoms with Crippen LogP contribution in [0.2, 0.25) is 0 Å². The maximum Gasteiger partial charge on any atom is 0.0642 e. The van der Waals surface area contributed by atoms with E-state index in [4.69, 9.17) is 0 Å². The van der Waals surface area contributed by atoms with Gasteiger partial charge in [0.1, 0.15) is 0 Å². The van der Waals surface area contributed by atoms with Crippen LogP contribution in [0.4, 0.5) is 0 Å². The molecule has 0 fully saturated rings. The van der Waals surface area contributed by atoms with E-state index in [1.807, 2.05) is 30.3 Å². The van der Waals surface area contributed by atoms with Crippen LogP contribution in [-0.2, 0) is 6.54 Å². The summed E-state index contributed by atoms with van der Waals surface area (Å²) in [7, 11) is 0. The highest BCUT2D eigenvalue weighted by Crippen LogP contribution is 2.17. The first-order valence-electron chi connectivity index (χ1n) is 5.13. The minimum absolute atomic E-state index is 0.0860. The van der Waals surface area contributed by atoms with Crippen molar-refractivity contribution in [2.75, 3.05) is 6.54 Å². The van der Waals surface area contributed by atoms with Crippen molar-refractivity contribution >= 4 is 0 Å². The zero-order valence-corrected chi connectivity index (χ0v) is 9.60. The molecule has 0 saturated carbocycles. The molecule has 0 radical (unpaired) electrons. The van der Waals surface area contributed by atoms with Crippen LogP contribution in [0.15, 0.2) is 35.6 Å². The van der Waals surface area contributed by atoms with Gasteiger partial charge in [0.2, 0.25) is 0 Å². The smallest absolute Gasteiger partial charge is 0.0642 e. The third kappa shape index (κ3) is 4.58. The second kappa shape index (κ2) is 4.91. The van der Waals surface area contributed by atoms with Crippen LogP contribution in [0.5, 0.6) is 0 Å². The van der Waals surface area contributed by atoms with Gasteiger partial charge in [0.15, 0.2) is 0 Å². The van der Waals surface area contributed by atoms with E-state index in [0.29, 0.717) is 13.1 Å². The predicted molar refractivity (Wildman–Crippen MR) is 62.1 cm³/mol. The fraction of sp³-hybridized carbons (Fsp3) is 0.500. The van der Waals surface area contributed by atoms with Gasteiger partial charge < -0.3 is 0 Å². The van der Waals surface area contributed by atoms with Gasteiger partial charge in [-0.15, -0.1) is 4.91 Å². The van der Waals surface area contributed by atoms with Crippen LogP contribution in [0.25, 0.3) is 0 Å². The first-order chi connectivity index (χ1) is 7.01. The van der Waals surface area contributed by atoms with Crippen LogP contribution in [0, 0.1) is 10.3 Å². The van der Waals surface area contributed by atoms with Gasteiger partial charge in [-0.05, 0) is 11.0 Å². The fourth-order valence-electron chi connectivity index (χ4n) is 1.46. The minimum Gasteiger partial charge on any atom is -0.256 e. The third-order valence-corrected chi connectivity index (χ3v) is 1.98. The first-order valence-corrected chi connectivity index (χ1v) is 5.13. The molecule has 0 amide bonds. The van der Waals surface area contributed by atoms with Crippen molar-refractivity contribution in [1.29, 1.82) is 0 Å². The largest absolute Gasteiger partial charge is 0.256 e. The molecule has 0 bridgehead atoms. The SMILES string of the molecule is CC(C)(C)CN(Cc1ccccc1)N=O. The van der Waals surface area contributed by atoms with Crippen molar-refractivity contribution < 1.29 is 0 Å². The van der Waals surface area contributed by atoms with Gasteiger partial charge in [0.05, 0.1) is 11.8 Å². The number of nitrogens with zero attached hydrogens (tertiary/aromatic N) is 2. The molecule has 1 aromatic carbocycles. The molecule has 3 nitrogen and oxygen atoms in total. The Hall–Kier alpha value is -1.38. The number of benzene rings is 1. The first kappa shape index (κ1) is 11.7. The highest BCUT2D eigenvalue weighted by atomic mass is 16.3. The molecular formula is C12H18N2O. The fourth-order valence-corrected chi connectivity index (χ4v) is 1.46. The monoisotopic (exact) mass is 206 g/mol. The van der Waals surface area contributed by atoms with Gasteiger partial charge in [-0.1, -0.05) is 51.1 Å². The van der Waals surface area contributed by atoms with Gasteiger partial charge in [0, 0.05) is 6.54 Å². The normalized spacial score (nSPS) is 11.1. The summed E-state index contributed by atoms with van der Waals surface area (Å²) in [6, 6.07) is 9.90. The lowest BCUT2D eigenvalue weighted by Gasteiger charge is -2.24. The quantitative estimate of drug-likeness (QED) is 0.559. The van der Waals surface area contributed by atoms with Gasteiger partial charge in [0.25, 0.3) is 0 Å². The van der Waals surface area contributed by atoms with Gasteiger partial charge in [-0.25, -0.2) is 0 Å². The second-order valence-corrected chi connectivity index (χ2v) is 4.95. The highest BCUT2D eigenvalue weighted by molar-refractivity contribution is 5.14. The molecule has 0 heterocycles. The molecule has 82 valence electrons. The molecule has 0 atom stereocenters. The van der Waals surface area contributed by atoms with Crippen molar-refractivity contribution in [3.05, 3.63) is 40.8 Å². The lowest BCUT2D eigenvalue weighted by Crippen LogP contribution is -2.27. The number of hydrogen-bond acceptors (Lipinski definition) is 2. The minimum atomic E-state index is 0.0860. The van der Waals surface area contributed by atoms with Crippen LogP contribution in [-0.4, -0.2) is 11.6 Å². The van der Waals surface area contributed by atoms with E-state index in [2.05, 4.69) is 26.1 Å². The molecule has 0 aromatic heterocycles. The number of hydrogen-bond donors (Lipinski definition) is 0. The summed E-state index contributed by atoms with van der Waals surface area (Å²) in [5, 5.41) is 4.62. The Labute approximate surface area is 91.0 Å².